The Morgan fingerprint density at radius 3 is 2.42 bits per heavy atom. The normalized spacial score (nSPS) is 13.3. The molecule has 1 N–H and O–H groups in total. The van der Waals surface area contributed by atoms with Gasteiger partial charge in [-0.25, -0.2) is 9.37 Å². The van der Waals surface area contributed by atoms with E-state index in [0.29, 0.717) is 17.3 Å². The predicted molar refractivity (Wildman–Crippen MR) is 117 cm³/mol. The van der Waals surface area contributed by atoms with Gasteiger partial charge in [0.25, 0.3) is 0 Å². The van der Waals surface area contributed by atoms with Gasteiger partial charge in [0, 0.05) is 29.4 Å². The van der Waals surface area contributed by atoms with Crippen LogP contribution in [0.5, 0.6) is 0 Å². The fraction of sp³-hybridized carbons (Fsp3) is 0.292. The van der Waals surface area contributed by atoms with E-state index in [0.717, 1.165) is 18.4 Å². The zero-order valence-electron chi connectivity index (χ0n) is 17.6. The van der Waals surface area contributed by atoms with Gasteiger partial charge in [-0.2, -0.15) is 0 Å². The molecule has 31 heavy (non-hydrogen) atoms. The van der Waals surface area contributed by atoms with E-state index in [2.05, 4.69) is 10.3 Å². The number of hydrogen-bond donors (Lipinski definition) is 1. The summed E-state index contributed by atoms with van der Waals surface area (Å²) < 4.78 is 15.1. The highest BCUT2D eigenvalue weighted by molar-refractivity contribution is 5.94. The highest BCUT2D eigenvalue weighted by Gasteiger charge is 2.34. The van der Waals surface area contributed by atoms with E-state index in [4.69, 9.17) is 0 Å². The Labute approximate surface area is 180 Å². The SMILES string of the molecule is CC(C)C(=O)N(CC(=O)Nc1nc(-c2ccccc2)cn1-c1ccc(F)cc1)C1CC1. The van der Waals surface area contributed by atoms with Gasteiger partial charge in [-0.3, -0.25) is 19.5 Å². The maximum absolute atomic E-state index is 13.4. The van der Waals surface area contributed by atoms with Crippen LogP contribution in [-0.4, -0.2) is 38.9 Å². The molecule has 4 rings (SSSR count). The second-order valence-electron chi connectivity index (χ2n) is 8.06. The fourth-order valence-electron chi connectivity index (χ4n) is 3.44. The Morgan fingerprint density at radius 1 is 1.13 bits per heavy atom. The van der Waals surface area contributed by atoms with Crippen molar-refractivity contribution >= 4 is 17.8 Å². The lowest BCUT2D eigenvalue weighted by molar-refractivity contribution is -0.138. The Kier molecular flexibility index (Phi) is 5.84. The molecule has 1 heterocycles. The minimum atomic E-state index is -0.343. The van der Waals surface area contributed by atoms with Crippen molar-refractivity contribution in [1.29, 1.82) is 0 Å². The number of anilines is 1. The van der Waals surface area contributed by atoms with Crippen LogP contribution in [-0.2, 0) is 9.59 Å². The van der Waals surface area contributed by atoms with Gasteiger partial charge in [0.1, 0.15) is 12.4 Å². The van der Waals surface area contributed by atoms with Crippen LogP contribution in [0.1, 0.15) is 26.7 Å². The third-order valence-corrected chi connectivity index (χ3v) is 5.21. The molecule has 0 aliphatic heterocycles. The van der Waals surface area contributed by atoms with E-state index in [-0.39, 0.29) is 36.1 Å². The lowest BCUT2D eigenvalue weighted by Gasteiger charge is -2.23. The third-order valence-electron chi connectivity index (χ3n) is 5.21. The molecule has 1 saturated carbocycles. The van der Waals surface area contributed by atoms with Crippen LogP contribution in [0.2, 0.25) is 0 Å². The number of carbonyl (C=O) groups excluding carboxylic acids is 2. The number of imidazole rings is 1. The number of hydrogen-bond acceptors (Lipinski definition) is 3. The second kappa shape index (κ2) is 8.71. The van der Waals surface area contributed by atoms with Crippen molar-refractivity contribution in [1.82, 2.24) is 14.5 Å². The number of nitrogens with zero attached hydrogens (tertiary/aromatic N) is 3. The molecule has 2 amide bonds. The standard InChI is InChI=1S/C24H25FN4O2/c1-16(2)23(31)28(19-12-13-19)15-22(30)27-24-26-21(17-6-4-3-5-7-17)14-29(24)20-10-8-18(25)9-11-20/h3-11,14,16,19H,12-13,15H2,1-2H3,(H,26,27,30). The van der Waals surface area contributed by atoms with E-state index >= 15 is 0 Å². The number of aromatic nitrogens is 2. The van der Waals surface area contributed by atoms with Crippen LogP contribution in [0.4, 0.5) is 10.3 Å². The number of nitrogens with one attached hydrogen (secondary N) is 1. The zero-order valence-corrected chi connectivity index (χ0v) is 17.6. The first kappa shape index (κ1) is 20.8. The molecule has 1 aliphatic rings. The predicted octanol–water partition coefficient (Wildman–Crippen LogP) is 4.26. The molecule has 0 spiro atoms. The van der Waals surface area contributed by atoms with Crippen molar-refractivity contribution in [3.63, 3.8) is 0 Å². The van der Waals surface area contributed by atoms with Gasteiger partial charge in [0.15, 0.2) is 0 Å². The van der Waals surface area contributed by atoms with Crippen molar-refractivity contribution in [3.8, 4) is 16.9 Å². The van der Waals surface area contributed by atoms with E-state index in [1.807, 2.05) is 44.2 Å². The van der Waals surface area contributed by atoms with Crippen LogP contribution >= 0.6 is 0 Å². The molecule has 0 bridgehead atoms. The molecular formula is C24H25FN4O2. The average molecular weight is 420 g/mol. The van der Waals surface area contributed by atoms with Crippen LogP contribution in [0.15, 0.2) is 60.8 Å². The number of benzene rings is 2. The fourth-order valence-corrected chi connectivity index (χ4v) is 3.44. The maximum Gasteiger partial charge on any atom is 0.246 e. The quantitative estimate of drug-likeness (QED) is 0.621. The number of halogens is 1. The Morgan fingerprint density at radius 2 is 1.81 bits per heavy atom. The van der Waals surface area contributed by atoms with E-state index < -0.39 is 0 Å². The summed E-state index contributed by atoms with van der Waals surface area (Å²) >= 11 is 0. The maximum atomic E-state index is 13.4. The lowest BCUT2D eigenvalue weighted by Crippen LogP contribution is -2.41. The van der Waals surface area contributed by atoms with Gasteiger partial charge >= 0.3 is 0 Å². The zero-order chi connectivity index (χ0) is 22.0. The molecule has 2 aromatic carbocycles. The third kappa shape index (κ3) is 4.82. The molecule has 0 radical (unpaired) electrons. The summed E-state index contributed by atoms with van der Waals surface area (Å²) in [5.41, 5.74) is 2.25. The molecule has 3 aromatic rings. The second-order valence-corrected chi connectivity index (χ2v) is 8.06. The summed E-state index contributed by atoms with van der Waals surface area (Å²) in [6, 6.07) is 15.7. The molecular weight excluding hydrogens is 395 g/mol. The number of carbonyl (C=O) groups is 2. The Hall–Kier alpha value is -3.48. The first-order valence-electron chi connectivity index (χ1n) is 10.4. The minimum absolute atomic E-state index is 0.0152. The number of amides is 2. The molecule has 0 atom stereocenters. The summed E-state index contributed by atoms with van der Waals surface area (Å²) in [6.07, 6.45) is 3.65. The highest BCUT2D eigenvalue weighted by atomic mass is 19.1. The molecule has 1 fully saturated rings. The molecule has 1 aliphatic carbocycles. The molecule has 160 valence electrons. The van der Waals surface area contributed by atoms with Crippen LogP contribution < -0.4 is 5.32 Å². The minimum Gasteiger partial charge on any atom is -0.330 e. The van der Waals surface area contributed by atoms with Crippen LogP contribution in [0, 0.1) is 11.7 Å². The Balaban J connectivity index is 1.61. The molecule has 0 saturated heterocycles. The van der Waals surface area contributed by atoms with Crippen molar-refractivity contribution in [3.05, 3.63) is 66.6 Å². The van der Waals surface area contributed by atoms with Crippen molar-refractivity contribution in [2.75, 3.05) is 11.9 Å². The molecule has 6 nitrogen and oxygen atoms in total. The summed E-state index contributed by atoms with van der Waals surface area (Å²) in [5, 5.41) is 2.85. The topological polar surface area (TPSA) is 67.2 Å². The van der Waals surface area contributed by atoms with Gasteiger partial charge in [-0.05, 0) is 37.1 Å². The average Bonchev–Trinajstić information content (AvgIpc) is 3.53. The monoisotopic (exact) mass is 420 g/mol. The van der Waals surface area contributed by atoms with E-state index in [1.54, 1.807) is 27.8 Å². The summed E-state index contributed by atoms with van der Waals surface area (Å²) in [6.45, 7) is 3.66. The first-order valence-corrected chi connectivity index (χ1v) is 10.4. The molecule has 1 aromatic heterocycles. The molecule has 0 unspecified atom stereocenters. The van der Waals surface area contributed by atoms with E-state index in [9.17, 15) is 14.0 Å². The highest BCUT2D eigenvalue weighted by Crippen LogP contribution is 2.28. The lowest BCUT2D eigenvalue weighted by atomic mass is 10.2. The van der Waals surface area contributed by atoms with Gasteiger partial charge in [-0.15, -0.1) is 0 Å². The largest absolute Gasteiger partial charge is 0.330 e. The summed E-state index contributed by atoms with van der Waals surface area (Å²) in [4.78, 5) is 31.6. The van der Waals surface area contributed by atoms with Gasteiger partial charge in [0.05, 0.1) is 5.69 Å². The van der Waals surface area contributed by atoms with Gasteiger partial charge in [-0.1, -0.05) is 44.2 Å². The van der Waals surface area contributed by atoms with Crippen LogP contribution in [0.25, 0.3) is 16.9 Å². The van der Waals surface area contributed by atoms with Crippen molar-refractivity contribution in [2.24, 2.45) is 5.92 Å². The van der Waals surface area contributed by atoms with E-state index in [1.165, 1.54) is 12.1 Å². The van der Waals surface area contributed by atoms with Crippen molar-refractivity contribution in [2.45, 2.75) is 32.7 Å². The summed E-state index contributed by atoms with van der Waals surface area (Å²) in [7, 11) is 0. The van der Waals surface area contributed by atoms with Gasteiger partial charge < -0.3 is 4.90 Å². The molecule has 7 heteroatoms. The first-order chi connectivity index (χ1) is 14.9. The van der Waals surface area contributed by atoms with Crippen LogP contribution in [0.3, 0.4) is 0 Å². The Bertz CT molecular complexity index is 1070. The van der Waals surface area contributed by atoms with Crippen molar-refractivity contribution < 1.29 is 14.0 Å². The summed E-state index contributed by atoms with van der Waals surface area (Å²) in [5.74, 6) is -0.522. The van der Waals surface area contributed by atoms with Gasteiger partial charge in [0.2, 0.25) is 17.8 Å². The number of rotatable bonds is 7. The smallest absolute Gasteiger partial charge is 0.246 e.